The molecule has 2 bridgehead atoms. The van der Waals surface area contributed by atoms with Crippen LogP contribution in [0, 0.1) is 16.7 Å². The molecule has 0 radical (unpaired) electrons. The summed E-state index contributed by atoms with van der Waals surface area (Å²) in [4.78, 5) is 75.4. The SMILES string of the molecule is C=CCCCC(=O)N[C@@H](c1ccccc1)[C@@H](O[Si](C)(C)C(C)(C)C)C(=O)O[C@H]1C[C@@]2(O)[C@@H](OC(=O)CCCC=C)[C@@H]3[C@]4(OC(C)=O)CO[C@@H]4C[C@H](O[Si](CC)(CC)CC)[C@@]3(C)C(=O)[C@H](O[Si](CC)(CC)CC)C(=C1C)C2(C)C. The van der Waals surface area contributed by atoms with Crippen molar-refractivity contribution >= 4 is 54.6 Å². The summed E-state index contributed by atoms with van der Waals surface area (Å²) in [6.07, 6.45) is -1.50. The van der Waals surface area contributed by atoms with E-state index >= 15 is 9.59 Å². The zero-order chi connectivity index (χ0) is 58.5. The van der Waals surface area contributed by atoms with E-state index in [1.54, 1.807) is 12.2 Å². The molecule has 0 aromatic heterocycles. The number of fused-ring (bicyclic) bond motifs is 5. The van der Waals surface area contributed by atoms with Gasteiger partial charge in [-0.15, -0.1) is 13.2 Å². The smallest absolute Gasteiger partial charge is 0.337 e. The molecule has 1 heterocycles. The number of hydrogen-bond acceptors (Lipinski definition) is 13. The van der Waals surface area contributed by atoms with E-state index in [9.17, 15) is 19.5 Å². The Morgan fingerprint density at radius 1 is 0.859 bits per heavy atom. The number of Topliss-reactive ketones (excluding diaryl/α,β-unsaturated/α-hetero) is 1. The molecule has 78 heavy (non-hydrogen) atoms. The van der Waals surface area contributed by atoms with E-state index in [0.717, 1.165) is 18.1 Å². The van der Waals surface area contributed by atoms with E-state index < -0.39 is 113 Å². The summed E-state index contributed by atoms with van der Waals surface area (Å²) in [5.74, 6) is -3.90. The van der Waals surface area contributed by atoms with Crippen LogP contribution in [0.15, 0.2) is 66.8 Å². The predicted molar refractivity (Wildman–Crippen MR) is 313 cm³/mol. The molecule has 1 aromatic carbocycles. The first-order valence-electron chi connectivity index (χ1n) is 29.3. The summed E-state index contributed by atoms with van der Waals surface area (Å²) < 4.78 is 49.1. The highest BCUT2D eigenvalue weighted by molar-refractivity contribution is 6.74. The van der Waals surface area contributed by atoms with Gasteiger partial charge in [-0.25, -0.2) is 4.79 Å². The molecule has 0 unspecified atom stereocenters. The fourth-order valence-electron chi connectivity index (χ4n) is 13.0. The Kier molecular flexibility index (Phi) is 21.5. The Balaban J connectivity index is 1.90. The zero-order valence-electron chi connectivity index (χ0n) is 50.5. The van der Waals surface area contributed by atoms with Crippen LogP contribution in [0.2, 0.25) is 54.4 Å². The quantitative estimate of drug-likeness (QED) is 0.0279. The highest BCUT2D eigenvalue weighted by atomic mass is 28.4. The number of carbonyl (C=O) groups excluding carboxylic acids is 5. The molecular formula is C61H99NO13Si3. The Morgan fingerprint density at radius 3 is 1.91 bits per heavy atom. The average molecular weight is 1140 g/mol. The summed E-state index contributed by atoms with van der Waals surface area (Å²) >= 11 is 0. The van der Waals surface area contributed by atoms with Gasteiger partial charge in [0.2, 0.25) is 5.91 Å². The number of rotatable bonds is 27. The van der Waals surface area contributed by atoms with E-state index in [1.807, 2.05) is 71.1 Å². The second kappa shape index (κ2) is 25.7. The number of amides is 1. The number of carbonyl (C=O) groups is 5. The number of allylic oxidation sites excluding steroid dienone is 2. The first-order chi connectivity index (χ1) is 36.5. The highest BCUT2D eigenvalue weighted by Gasteiger charge is 2.79. The van der Waals surface area contributed by atoms with E-state index in [-0.39, 0.29) is 49.0 Å². The van der Waals surface area contributed by atoms with Crippen LogP contribution in [-0.4, -0.2) is 114 Å². The maximum absolute atomic E-state index is 17.2. The molecule has 2 saturated carbocycles. The summed E-state index contributed by atoms with van der Waals surface area (Å²) in [6, 6.07) is 12.6. The molecule has 5 rings (SSSR count). The second-order valence-corrected chi connectivity index (χ2v) is 39.3. The van der Waals surface area contributed by atoms with Crippen LogP contribution in [0.5, 0.6) is 0 Å². The van der Waals surface area contributed by atoms with Crippen molar-refractivity contribution in [1.82, 2.24) is 5.32 Å². The molecule has 0 spiro atoms. The van der Waals surface area contributed by atoms with Gasteiger partial charge in [0.1, 0.15) is 30.0 Å². The van der Waals surface area contributed by atoms with Crippen LogP contribution in [0.3, 0.4) is 0 Å². The maximum atomic E-state index is 17.2. The summed E-state index contributed by atoms with van der Waals surface area (Å²) in [5, 5.41) is 17.4. The van der Waals surface area contributed by atoms with Crippen LogP contribution >= 0.6 is 0 Å². The van der Waals surface area contributed by atoms with Crippen molar-refractivity contribution in [2.75, 3.05) is 6.61 Å². The molecule has 1 aromatic rings. The van der Waals surface area contributed by atoms with Gasteiger partial charge in [-0.2, -0.15) is 0 Å². The van der Waals surface area contributed by atoms with Gasteiger partial charge in [0.15, 0.2) is 42.4 Å². The highest BCUT2D eigenvalue weighted by Crippen LogP contribution is 2.65. The molecule has 1 amide bonds. The van der Waals surface area contributed by atoms with Crippen molar-refractivity contribution in [3.63, 3.8) is 0 Å². The minimum absolute atomic E-state index is 0.0372. The number of ether oxygens (including phenoxy) is 4. The summed E-state index contributed by atoms with van der Waals surface area (Å²) in [6.45, 7) is 39.2. The lowest BCUT2D eigenvalue weighted by Crippen LogP contribution is -2.82. The van der Waals surface area contributed by atoms with Gasteiger partial charge >= 0.3 is 17.9 Å². The van der Waals surface area contributed by atoms with Gasteiger partial charge in [0.25, 0.3) is 0 Å². The third kappa shape index (κ3) is 12.6. The maximum Gasteiger partial charge on any atom is 0.337 e. The minimum Gasteiger partial charge on any atom is -0.459 e. The number of ketones is 1. The molecule has 438 valence electrons. The summed E-state index contributed by atoms with van der Waals surface area (Å²) in [5.41, 5.74) is -5.22. The van der Waals surface area contributed by atoms with E-state index in [0.29, 0.717) is 60.5 Å². The van der Waals surface area contributed by atoms with Crippen LogP contribution in [0.25, 0.3) is 0 Å². The number of benzene rings is 1. The van der Waals surface area contributed by atoms with Crippen LogP contribution in [0.4, 0.5) is 0 Å². The summed E-state index contributed by atoms with van der Waals surface area (Å²) in [7, 11) is -8.25. The molecule has 14 nitrogen and oxygen atoms in total. The van der Waals surface area contributed by atoms with E-state index in [4.69, 9.17) is 32.2 Å². The third-order valence-electron chi connectivity index (χ3n) is 19.6. The number of esters is 3. The number of aliphatic hydroxyl groups is 1. The minimum atomic E-state index is -2.87. The van der Waals surface area contributed by atoms with Crippen molar-refractivity contribution in [2.24, 2.45) is 16.7 Å². The van der Waals surface area contributed by atoms with Crippen LogP contribution in [-0.2, 0) is 56.2 Å². The fraction of sp³-hybridized carbons (Fsp3) is 0.721. The molecule has 2 N–H and O–H groups in total. The Bertz CT molecular complexity index is 2330. The number of unbranched alkanes of at least 4 members (excludes halogenated alkanes) is 2. The molecule has 17 heteroatoms. The lowest BCUT2D eigenvalue weighted by atomic mass is 9.44. The topological polar surface area (TPSA) is 182 Å². The predicted octanol–water partition coefficient (Wildman–Crippen LogP) is 12.3. The van der Waals surface area contributed by atoms with Crippen molar-refractivity contribution in [1.29, 1.82) is 0 Å². The molecule has 3 aliphatic carbocycles. The first-order valence-corrected chi connectivity index (χ1v) is 37.2. The molecule has 3 fully saturated rings. The average Bonchev–Trinajstić information content (AvgIpc) is 3.49. The Labute approximate surface area is 471 Å². The van der Waals surface area contributed by atoms with Gasteiger partial charge in [-0.1, -0.05) is 119 Å². The number of nitrogens with one attached hydrogen (secondary N) is 1. The Morgan fingerprint density at radius 2 is 1.41 bits per heavy atom. The Hall–Kier alpha value is -3.56. The van der Waals surface area contributed by atoms with Gasteiger partial charge < -0.3 is 42.6 Å². The zero-order valence-corrected chi connectivity index (χ0v) is 53.5. The van der Waals surface area contributed by atoms with Gasteiger partial charge in [-0.3, -0.25) is 19.2 Å². The van der Waals surface area contributed by atoms with Crippen molar-refractivity contribution in [3.8, 4) is 0 Å². The molecule has 11 atom stereocenters. The van der Waals surface area contributed by atoms with Crippen LogP contribution in [0.1, 0.15) is 160 Å². The molecule has 4 aliphatic rings. The molecule has 1 aliphatic heterocycles. The standard InChI is InChI=1S/C61H99NO13Si3/c1-19-27-30-36-47(64)62-50(43-34-32-29-33-35-43)52(74-76(17,18)57(11,12)13)56(67)70-44-39-61(68)55(71-48(65)37-31-28-20-2)53-59(16,54(66)51(49(41(44)9)58(61,14)15)75-78(24-6,25-7)26-8)45(73-77(21-3,22-4)23-5)38-46-60(53,40-69-46)72-42(10)63/h19-20,29,32-35,44-46,50-53,55,68H,1-2,21-28,30-31,36-40H2,3-18H3,(H,62,64)/t44-,45-,46+,50-,51+,52+,53-,55-,59+,60-,61+/m0/s1. The monoisotopic (exact) mass is 1140 g/mol. The normalized spacial score (nSPS) is 28.8. The van der Waals surface area contributed by atoms with Crippen molar-refractivity contribution < 1.29 is 61.3 Å². The molecule has 1 saturated heterocycles. The largest absolute Gasteiger partial charge is 0.459 e. The van der Waals surface area contributed by atoms with Gasteiger partial charge in [-0.05, 0) is 111 Å². The van der Waals surface area contributed by atoms with E-state index in [2.05, 4.69) is 80.8 Å². The number of hydrogen-bond donors (Lipinski definition) is 2. The van der Waals surface area contributed by atoms with Crippen molar-refractivity contribution in [2.45, 2.75) is 257 Å². The fourth-order valence-corrected chi connectivity index (χ4v) is 19.9. The second-order valence-electron chi connectivity index (χ2n) is 25.1. The first kappa shape index (κ1) is 65.3. The lowest BCUT2D eigenvalue weighted by molar-refractivity contribution is -0.346. The third-order valence-corrected chi connectivity index (χ3v) is 33.3. The van der Waals surface area contributed by atoms with Crippen LogP contribution < -0.4 is 5.32 Å². The van der Waals surface area contributed by atoms with Crippen molar-refractivity contribution in [3.05, 3.63) is 72.4 Å². The molecular weight excluding hydrogens is 1040 g/mol. The van der Waals surface area contributed by atoms with E-state index in [1.165, 1.54) is 6.92 Å². The van der Waals surface area contributed by atoms with Gasteiger partial charge in [0, 0.05) is 38.0 Å². The lowest BCUT2D eigenvalue weighted by Gasteiger charge is -2.68. The van der Waals surface area contributed by atoms with Gasteiger partial charge in [0.05, 0.1) is 30.1 Å².